The number of benzene rings is 1. The van der Waals surface area contributed by atoms with E-state index in [2.05, 4.69) is 15.3 Å². The van der Waals surface area contributed by atoms with E-state index in [1.54, 1.807) is 6.07 Å². The number of nitrogens with one attached hydrogen (secondary N) is 1. The third kappa shape index (κ3) is 4.04. The van der Waals surface area contributed by atoms with E-state index in [0.717, 1.165) is 5.56 Å². The van der Waals surface area contributed by atoms with E-state index in [0.29, 0.717) is 31.0 Å². The summed E-state index contributed by atoms with van der Waals surface area (Å²) in [5.74, 6) is -0.345. The van der Waals surface area contributed by atoms with Crippen molar-refractivity contribution in [3.8, 4) is 0 Å². The Hall–Kier alpha value is -2.83. The van der Waals surface area contributed by atoms with E-state index in [1.165, 1.54) is 23.2 Å². The SMILES string of the molecule is CC(C)CN1C(=O)Cc2cnc(NCCc3cccc(F)c3)nc2C1=O. The maximum Gasteiger partial charge on any atom is 0.279 e. The van der Waals surface area contributed by atoms with Gasteiger partial charge in [0.25, 0.3) is 5.91 Å². The number of carbonyl (C=O) groups is 2. The van der Waals surface area contributed by atoms with Gasteiger partial charge in [0.15, 0.2) is 0 Å². The molecule has 0 saturated carbocycles. The number of amides is 2. The van der Waals surface area contributed by atoms with Gasteiger partial charge in [0.05, 0.1) is 6.42 Å². The Labute approximate surface area is 151 Å². The second kappa shape index (κ2) is 7.59. The van der Waals surface area contributed by atoms with Crippen molar-refractivity contribution in [2.45, 2.75) is 26.7 Å². The third-order valence-corrected chi connectivity index (χ3v) is 4.09. The first-order chi connectivity index (χ1) is 12.4. The second-order valence-corrected chi connectivity index (χ2v) is 6.75. The molecule has 1 aliphatic rings. The van der Waals surface area contributed by atoms with Gasteiger partial charge in [-0.2, -0.15) is 0 Å². The zero-order valence-corrected chi connectivity index (χ0v) is 14.8. The summed E-state index contributed by atoms with van der Waals surface area (Å²) in [5.41, 5.74) is 1.68. The highest BCUT2D eigenvalue weighted by molar-refractivity contribution is 6.08. The van der Waals surface area contributed by atoms with Crippen molar-refractivity contribution in [3.05, 3.63) is 53.1 Å². The van der Waals surface area contributed by atoms with Crippen molar-refractivity contribution in [3.63, 3.8) is 0 Å². The lowest BCUT2D eigenvalue weighted by Crippen LogP contribution is -2.44. The fraction of sp³-hybridized carbons (Fsp3) is 0.368. The lowest BCUT2D eigenvalue weighted by molar-refractivity contribution is -0.128. The Bertz CT molecular complexity index is 838. The standard InChI is InChI=1S/C19H21FN4O2/c1-12(2)11-24-16(25)9-14-10-22-19(23-17(14)18(24)26)21-7-6-13-4-3-5-15(20)8-13/h3-5,8,10,12H,6-7,9,11H2,1-2H3,(H,21,22,23). The summed E-state index contributed by atoms with van der Waals surface area (Å²) in [5, 5.41) is 3.05. The van der Waals surface area contributed by atoms with Gasteiger partial charge in [-0.3, -0.25) is 14.5 Å². The molecular formula is C19H21FN4O2. The Balaban J connectivity index is 1.69. The van der Waals surface area contributed by atoms with Gasteiger partial charge in [-0.15, -0.1) is 0 Å². The summed E-state index contributed by atoms with van der Waals surface area (Å²) in [6.45, 7) is 4.79. The minimum absolute atomic E-state index is 0.136. The molecule has 0 atom stereocenters. The summed E-state index contributed by atoms with van der Waals surface area (Å²) < 4.78 is 13.2. The highest BCUT2D eigenvalue weighted by atomic mass is 19.1. The van der Waals surface area contributed by atoms with Crippen molar-refractivity contribution in [1.29, 1.82) is 0 Å². The average molecular weight is 356 g/mol. The van der Waals surface area contributed by atoms with Crippen LogP contribution in [0, 0.1) is 11.7 Å². The van der Waals surface area contributed by atoms with E-state index in [-0.39, 0.29) is 35.7 Å². The number of nitrogens with zero attached hydrogens (tertiary/aromatic N) is 3. The van der Waals surface area contributed by atoms with Crippen molar-refractivity contribution >= 4 is 17.8 Å². The zero-order chi connectivity index (χ0) is 18.7. The summed E-state index contributed by atoms with van der Waals surface area (Å²) in [6.07, 6.45) is 2.26. The molecule has 2 heterocycles. The van der Waals surface area contributed by atoms with Crippen molar-refractivity contribution < 1.29 is 14.0 Å². The van der Waals surface area contributed by atoms with Crippen LogP contribution in [0.25, 0.3) is 0 Å². The fourth-order valence-electron chi connectivity index (χ4n) is 2.87. The molecule has 0 spiro atoms. The number of carbonyl (C=O) groups excluding carboxylic acids is 2. The van der Waals surface area contributed by atoms with Crippen LogP contribution in [-0.2, 0) is 17.6 Å². The van der Waals surface area contributed by atoms with Crippen LogP contribution in [0.1, 0.15) is 35.5 Å². The molecule has 3 rings (SSSR count). The predicted octanol–water partition coefficient (Wildman–Crippen LogP) is 2.45. The van der Waals surface area contributed by atoms with Crippen molar-refractivity contribution in [1.82, 2.24) is 14.9 Å². The molecule has 0 fully saturated rings. The first-order valence-corrected chi connectivity index (χ1v) is 8.63. The van der Waals surface area contributed by atoms with Crippen LogP contribution in [0.5, 0.6) is 0 Å². The number of imide groups is 1. The summed E-state index contributed by atoms with van der Waals surface area (Å²) in [4.78, 5) is 34.5. The van der Waals surface area contributed by atoms with Gasteiger partial charge in [0, 0.05) is 24.8 Å². The van der Waals surface area contributed by atoms with Crippen LogP contribution < -0.4 is 5.32 Å². The summed E-state index contributed by atoms with van der Waals surface area (Å²) in [7, 11) is 0. The Kier molecular flexibility index (Phi) is 5.25. The van der Waals surface area contributed by atoms with E-state index >= 15 is 0 Å². The predicted molar refractivity (Wildman–Crippen MR) is 95.2 cm³/mol. The number of hydrogen-bond acceptors (Lipinski definition) is 5. The molecule has 1 N–H and O–H groups in total. The zero-order valence-electron chi connectivity index (χ0n) is 14.8. The fourth-order valence-corrected chi connectivity index (χ4v) is 2.87. The first-order valence-electron chi connectivity index (χ1n) is 8.63. The van der Waals surface area contributed by atoms with Gasteiger partial charge in [-0.05, 0) is 30.0 Å². The molecule has 0 bridgehead atoms. The molecule has 136 valence electrons. The van der Waals surface area contributed by atoms with Crippen LogP contribution in [0.15, 0.2) is 30.5 Å². The monoisotopic (exact) mass is 356 g/mol. The van der Waals surface area contributed by atoms with E-state index in [9.17, 15) is 14.0 Å². The van der Waals surface area contributed by atoms with E-state index in [1.807, 2.05) is 19.9 Å². The molecule has 1 aromatic carbocycles. The van der Waals surface area contributed by atoms with Crippen LogP contribution in [-0.4, -0.2) is 39.8 Å². The quantitative estimate of drug-likeness (QED) is 0.805. The van der Waals surface area contributed by atoms with E-state index in [4.69, 9.17) is 0 Å². The van der Waals surface area contributed by atoms with Crippen LogP contribution in [0.2, 0.25) is 0 Å². The Morgan fingerprint density at radius 1 is 1.31 bits per heavy atom. The van der Waals surface area contributed by atoms with Crippen LogP contribution >= 0.6 is 0 Å². The lowest BCUT2D eigenvalue weighted by Gasteiger charge is -2.27. The summed E-state index contributed by atoms with van der Waals surface area (Å²) in [6, 6.07) is 6.39. The molecule has 2 amide bonds. The normalized spacial score (nSPS) is 13.9. The number of aromatic nitrogens is 2. The largest absolute Gasteiger partial charge is 0.354 e. The van der Waals surface area contributed by atoms with E-state index < -0.39 is 0 Å². The maximum atomic E-state index is 13.2. The second-order valence-electron chi connectivity index (χ2n) is 6.75. The number of hydrogen-bond donors (Lipinski definition) is 1. The molecule has 2 aromatic rings. The van der Waals surface area contributed by atoms with Gasteiger partial charge in [-0.1, -0.05) is 26.0 Å². The molecular weight excluding hydrogens is 335 g/mol. The Morgan fingerprint density at radius 2 is 2.12 bits per heavy atom. The van der Waals surface area contributed by atoms with Gasteiger partial charge in [0.1, 0.15) is 11.5 Å². The number of halogens is 1. The third-order valence-electron chi connectivity index (χ3n) is 4.09. The maximum absolute atomic E-state index is 13.2. The molecule has 0 saturated heterocycles. The summed E-state index contributed by atoms with van der Waals surface area (Å²) >= 11 is 0. The Morgan fingerprint density at radius 3 is 2.85 bits per heavy atom. The minimum Gasteiger partial charge on any atom is -0.354 e. The molecule has 0 aliphatic carbocycles. The minimum atomic E-state index is -0.375. The highest BCUT2D eigenvalue weighted by Gasteiger charge is 2.33. The van der Waals surface area contributed by atoms with Crippen LogP contribution in [0.3, 0.4) is 0 Å². The molecule has 26 heavy (non-hydrogen) atoms. The van der Waals surface area contributed by atoms with Gasteiger partial charge < -0.3 is 5.32 Å². The van der Waals surface area contributed by atoms with Gasteiger partial charge in [-0.25, -0.2) is 14.4 Å². The van der Waals surface area contributed by atoms with Gasteiger partial charge >= 0.3 is 0 Å². The van der Waals surface area contributed by atoms with Gasteiger partial charge in [0.2, 0.25) is 11.9 Å². The topological polar surface area (TPSA) is 75.2 Å². The number of fused-ring (bicyclic) bond motifs is 1. The molecule has 7 heteroatoms. The molecule has 0 radical (unpaired) electrons. The average Bonchev–Trinajstić information content (AvgIpc) is 2.59. The van der Waals surface area contributed by atoms with Crippen molar-refractivity contribution in [2.24, 2.45) is 5.92 Å². The smallest absolute Gasteiger partial charge is 0.279 e. The molecule has 1 aliphatic heterocycles. The molecule has 6 nitrogen and oxygen atoms in total. The molecule has 1 aromatic heterocycles. The number of anilines is 1. The first kappa shape index (κ1) is 18.0. The number of rotatable bonds is 6. The highest BCUT2D eigenvalue weighted by Crippen LogP contribution is 2.20. The van der Waals surface area contributed by atoms with Crippen molar-refractivity contribution in [2.75, 3.05) is 18.4 Å². The van der Waals surface area contributed by atoms with Crippen LogP contribution in [0.4, 0.5) is 10.3 Å². The lowest BCUT2D eigenvalue weighted by atomic mass is 10.0. The molecule has 0 unspecified atom stereocenters.